The Morgan fingerprint density at radius 1 is 1.19 bits per heavy atom. The maximum Gasteiger partial charge on any atom is 0.181 e. The van der Waals surface area contributed by atoms with Gasteiger partial charge in [-0.3, -0.25) is 0 Å². The van der Waals surface area contributed by atoms with Crippen molar-refractivity contribution >= 4 is 15.5 Å². The molecule has 0 aromatic heterocycles. The second-order valence-corrected chi connectivity index (χ2v) is 5.40. The molecule has 1 rings (SSSR count). The van der Waals surface area contributed by atoms with Crippen LogP contribution in [0, 0.1) is 0 Å². The first-order valence-electron chi connectivity index (χ1n) is 4.70. The van der Waals surface area contributed by atoms with Crippen molar-refractivity contribution in [2.45, 2.75) is 11.8 Å². The van der Waals surface area contributed by atoms with E-state index >= 15 is 0 Å². The second kappa shape index (κ2) is 4.61. The Morgan fingerprint density at radius 2 is 1.75 bits per heavy atom. The fraction of sp³-hybridized carbons (Fsp3) is 0.400. The quantitative estimate of drug-likeness (QED) is 0.803. The molecule has 0 aliphatic heterocycles. The maximum absolute atomic E-state index is 11.8. The summed E-state index contributed by atoms with van der Waals surface area (Å²) in [6, 6.07) is 2.83. The fourth-order valence-electron chi connectivity index (χ4n) is 1.29. The summed E-state index contributed by atoms with van der Waals surface area (Å²) in [5.41, 5.74) is 5.94. The van der Waals surface area contributed by atoms with Crippen LogP contribution in [-0.4, -0.2) is 28.4 Å². The predicted molar refractivity (Wildman–Crippen MR) is 61.7 cm³/mol. The van der Waals surface area contributed by atoms with Gasteiger partial charge >= 0.3 is 0 Å². The molecule has 0 saturated heterocycles. The van der Waals surface area contributed by atoms with Crippen LogP contribution in [0.25, 0.3) is 0 Å². The summed E-state index contributed by atoms with van der Waals surface area (Å²) in [6.45, 7) is 1.56. The molecule has 0 radical (unpaired) electrons. The first-order valence-corrected chi connectivity index (χ1v) is 6.35. The van der Waals surface area contributed by atoms with E-state index in [-0.39, 0.29) is 22.1 Å². The topological polar surface area (TPSA) is 78.6 Å². The molecule has 0 fully saturated rings. The van der Waals surface area contributed by atoms with E-state index in [1.54, 1.807) is 6.92 Å². The summed E-state index contributed by atoms with van der Waals surface area (Å²) >= 11 is 0. The summed E-state index contributed by atoms with van der Waals surface area (Å²) in [4.78, 5) is 0.0933. The van der Waals surface area contributed by atoms with Gasteiger partial charge in [0.2, 0.25) is 0 Å². The van der Waals surface area contributed by atoms with Crippen LogP contribution in [0.1, 0.15) is 6.92 Å². The van der Waals surface area contributed by atoms with Gasteiger partial charge in [-0.15, -0.1) is 0 Å². The number of hydrogen-bond acceptors (Lipinski definition) is 5. The molecule has 0 amide bonds. The molecule has 2 N–H and O–H groups in total. The van der Waals surface area contributed by atoms with Gasteiger partial charge in [0.15, 0.2) is 9.84 Å². The van der Waals surface area contributed by atoms with Crippen molar-refractivity contribution in [1.82, 2.24) is 0 Å². The molecule has 0 aliphatic carbocycles. The van der Waals surface area contributed by atoms with Gasteiger partial charge in [-0.25, -0.2) is 8.42 Å². The molecule has 90 valence electrons. The van der Waals surface area contributed by atoms with Crippen LogP contribution in [0.3, 0.4) is 0 Å². The average molecular weight is 245 g/mol. The Hall–Kier alpha value is -1.43. The molecule has 0 bridgehead atoms. The highest BCUT2D eigenvalue weighted by Gasteiger charge is 2.20. The van der Waals surface area contributed by atoms with Crippen molar-refractivity contribution < 1.29 is 17.9 Å². The van der Waals surface area contributed by atoms with Gasteiger partial charge in [0.1, 0.15) is 16.4 Å². The number of ether oxygens (including phenoxy) is 2. The van der Waals surface area contributed by atoms with Crippen LogP contribution in [0.4, 0.5) is 5.69 Å². The van der Waals surface area contributed by atoms with Gasteiger partial charge < -0.3 is 15.2 Å². The lowest BCUT2D eigenvalue weighted by molar-refractivity contribution is 0.387. The summed E-state index contributed by atoms with van der Waals surface area (Å²) in [6.07, 6.45) is 0. The molecule has 0 unspecified atom stereocenters. The monoisotopic (exact) mass is 245 g/mol. The highest BCUT2D eigenvalue weighted by atomic mass is 32.2. The first-order chi connectivity index (χ1) is 7.46. The number of nitrogen functional groups attached to an aromatic ring is 1. The van der Waals surface area contributed by atoms with Crippen molar-refractivity contribution in [2.75, 3.05) is 25.7 Å². The average Bonchev–Trinajstić information content (AvgIpc) is 2.28. The minimum Gasteiger partial charge on any atom is -0.495 e. The molecular weight excluding hydrogens is 230 g/mol. The molecule has 0 heterocycles. The lowest BCUT2D eigenvalue weighted by Gasteiger charge is -2.12. The Bertz CT molecular complexity index is 482. The number of benzene rings is 1. The fourth-order valence-corrected chi connectivity index (χ4v) is 2.36. The summed E-state index contributed by atoms with van der Waals surface area (Å²) in [5, 5.41) is 0. The largest absolute Gasteiger partial charge is 0.495 e. The zero-order valence-electron chi connectivity index (χ0n) is 9.48. The molecule has 16 heavy (non-hydrogen) atoms. The minimum atomic E-state index is -3.35. The maximum atomic E-state index is 11.8. The molecule has 0 aliphatic rings. The molecule has 1 aromatic carbocycles. The third-order valence-corrected chi connectivity index (χ3v) is 3.98. The Balaban J connectivity index is 3.46. The van der Waals surface area contributed by atoms with E-state index in [0.717, 1.165) is 0 Å². The first kappa shape index (κ1) is 12.6. The normalized spacial score (nSPS) is 11.2. The standard InChI is InChI=1S/C10H15NO4S/c1-4-16(12,13)10-5-7(11)8(14-2)6-9(10)15-3/h5-6H,4,11H2,1-3H3. The van der Waals surface area contributed by atoms with Gasteiger partial charge in [0.05, 0.1) is 25.7 Å². The predicted octanol–water partition coefficient (Wildman–Crippen LogP) is 1.08. The third kappa shape index (κ3) is 2.21. The Labute approximate surface area is 95.1 Å². The van der Waals surface area contributed by atoms with Crippen molar-refractivity contribution in [3.63, 3.8) is 0 Å². The molecule has 1 aromatic rings. The molecule has 0 saturated carbocycles. The number of rotatable bonds is 4. The highest BCUT2D eigenvalue weighted by Crippen LogP contribution is 2.34. The molecule has 5 nitrogen and oxygen atoms in total. The van der Waals surface area contributed by atoms with Crippen molar-refractivity contribution in [3.8, 4) is 11.5 Å². The van der Waals surface area contributed by atoms with Gasteiger partial charge in [0.25, 0.3) is 0 Å². The van der Waals surface area contributed by atoms with E-state index in [1.807, 2.05) is 0 Å². The number of anilines is 1. The number of methoxy groups -OCH3 is 2. The zero-order valence-corrected chi connectivity index (χ0v) is 10.3. The van der Waals surface area contributed by atoms with E-state index in [9.17, 15) is 8.42 Å². The lowest BCUT2D eigenvalue weighted by Crippen LogP contribution is -2.07. The van der Waals surface area contributed by atoms with Crippen LogP contribution in [0.5, 0.6) is 11.5 Å². The molecular formula is C10H15NO4S. The molecule has 0 atom stereocenters. The van der Waals surface area contributed by atoms with E-state index in [4.69, 9.17) is 15.2 Å². The Morgan fingerprint density at radius 3 is 2.19 bits per heavy atom. The highest BCUT2D eigenvalue weighted by molar-refractivity contribution is 7.91. The SMILES string of the molecule is CCS(=O)(=O)c1cc(N)c(OC)cc1OC. The van der Waals surface area contributed by atoms with Gasteiger partial charge in [-0.2, -0.15) is 0 Å². The van der Waals surface area contributed by atoms with E-state index < -0.39 is 9.84 Å². The smallest absolute Gasteiger partial charge is 0.181 e. The van der Waals surface area contributed by atoms with Crippen molar-refractivity contribution in [1.29, 1.82) is 0 Å². The molecule has 6 heteroatoms. The van der Waals surface area contributed by atoms with Crippen LogP contribution in [0.15, 0.2) is 17.0 Å². The second-order valence-electron chi connectivity index (χ2n) is 3.15. The zero-order chi connectivity index (χ0) is 12.3. The number of sulfone groups is 1. The summed E-state index contributed by atoms with van der Waals surface area (Å²) in [5.74, 6) is 0.634. The van der Waals surface area contributed by atoms with Crippen LogP contribution in [-0.2, 0) is 9.84 Å². The van der Waals surface area contributed by atoms with Gasteiger partial charge in [-0.1, -0.05) is 6.92 Å². The van der Waals surface area contributed by atoms with Crippen LogP contribution >= 0.6 is 0 Å². The summed E-state index contributed by atoms with van der Waals surface area (Å²) < 4.78 is 33.5. The van der Waals surface area contributed by atoms with Crippen LogP contribution < -0.4 is 15.2 Å². The lowest BCUT2D eigenvalue weighted by atomic mass is 10.3. The van der Waals surface area contributed by atoms with Crippen molar-refractivity contribution in [3.05, 3.63) is 12.1 Å². The number of nitrogens with two attached hydrogens (primary N) is 1. The van der Waals surface area contributed by atoms with E-state index in [0.29, 0.717) is 5.75 Å². The Kier molecular flexibility index (Phi) is 3.64. The van der Waals surface area contributed by atoms with E-state index in [2.05, 4.69) is 0 Å². The van der Waals surface area contributed by atoms with Gasteiger partial charge in [-0.05, 0) is 6.07 Å². The van der Waals surface area contributed by atoms with E-state index in [1.165, 1.54) is 26.4 Å². The minimum absolute atomic E-state index is 0.00483. The van der Waals surface area contributed by atoms with Gasteiger partial charge in [0, 0.05) is 6.07 Å². The summed E-state index contributed by atoms with van der Waals surface area (Å²) in [7, 11) is -0.489. The van der Waals surface area contributed by atoms with Crippen molar-refractivity contribution in [2.24, 2.45) is 0 Å². The number of hydrogen-bond donors (Lipinski definition) is 1. The third-order valence-electron chi connectivity index (χ3n) is 2.23. The van der Waals surface area contributed by atoms with Crippen LogP contribution in [0.2, 0.25) is 0 Å². The molecule has 0 spiro atoms.